The minimum atomic E-state index is 0.896. The molecular weight excluding hydrogens is 278 g/mol. The molecule has 23 heavy (non-hydrogen) atoms. The molecule has 5 rings (SSSR count). The van der Waals surface area contributed by atoms with Crippen molar-refractivity contribution in [3.05, 3.63) is 90.0 Å². The Morgan fingerprint density at radius 3 is 2.35 bits per heavy atom. The Labute approximate surface area is 134 Å². The van der Waals surface area contributed by atoms with Gasteiger partial charge in [-0.05, 0) is 39.4 Å². The molecule has 0 bridgehead atoms. The van der Waals surface area contributed by atoms with Gasteiger partial charge in [0.25, 0.3) is 0 Å². The molecule has 1 heteroatoms. The van der Waals surface area contributed by atoms with E-state index in [1.54, 1.807) is 0 Å². The number of rotatable bonds is 1. The van der Waals surface area contributed by atoms with Crippen molar-refractivity contribution in [1.29, 1.82) is 0 Å². The second-order valence-corrected chi connectivity index (χ2v) is 6.09. The van der Waals surface area contributed by atoms with Gasteiger partial charge >= 0.3 is 0 Å². The SMILES string of the molecule is c1ccc2cc(C3=Nc4cccc5cccc(c45)C3)ccc2c1. The van der Waals surface area contributed by atoms with Crippen LogP contribution < -0.4 is 0 Å². The molecule has 0 saturated carbocycles. The predicted octanol–water partition coefficient (Wildman–Crippen LogP) is 5.67. The fourth-order valence-electron chi connectivity index (χ4n) is 3.54. The molecule has 0 N–H and O–H groups in total. The maximum Gasteiger partial charge on any atom is 0.0714 e. The van der Waals surface area contributed by atoms with Gasteiger partial charge in [0.05, 0.1) is 11.4 Å². The molecule has 4 aromatic rings. The number of hydrogen-bond acceptors (Lipinski definition) is 1. The van der Waals surface area contributed by atoms with Crippen LogP contribution in [0.2, 0.25) is 0 Å². The lowest BCUT2D eigenvalue weighted by atomic mass is 9.92. The van der Waals surface area contributed by atoms with Crippen LogP contribution in [-0.4, -0.2) is 5.71 Å². The minimum Gasteiger partial charge on any atom is -0.252 e. The number of aliphatic imine (C=N–C) groups is 1. The van der Waals surface area contributed by atoms with Crippen molar-refractivity contribution in [3.8, 4) is 0 Å². The third kappa shape index (κ3) is 1.97. The fraction of sp³-hybridized carbons (Fsp3) is 0.0455. The molecule has 0 aromatic heterocycles. The molecule has 1 nitrogen and oxygen atoms in total. The van der Waals surface area contributed by atoms with Crippen LogP contribution in [0.1, 0.15) is 11.1 Å². The van der Waals surface area contributed by atoms with Crippen LogP contribution in [0.25, 0.3) is 21.5 Å². The van der Waals surface area contributed by atoms with E-state index in [1.165, 1.54) is 32.7 Å². The van der Waals surface area contributed by atoms with E-state index in [2.05, 4.69) is 78.9 Å². The Morgan fingerprint density at radius 2 is 1.43 bits per heavy atom. The Kier molecular flexibility index (Phi) is 2.62. The van der Waals surface area contributed by atoms with Crippen LogP contribution in [0.15, 0.2) is 83.9 Å². The van der Waals surface area contributed by atoms with Crippen LogP contribution >= 0.6 is 0 Å². The zero-order valence-electron chi connectivity index (χ0n) is 12.7. The Balaban J connectivity index is 1.71. The first-order chi connectivity index (χ1) is 11.4. The minimum absolute atomic E-state index is 0.896. The number of nitrogens with zero attached hydrogens (tertiary/aromatic N) is 1. The molecule has 0 spiro atoms. The molecule has 1 aliphatic heterocycles. The summed E-state index contributed by atoms with van der Waals surface area (Å²) in [6, 6.07) is 28.0. The first-order valence-electron chi connectivity index (χ1n) is 7.96. The van der Waals surface area contributed by atoms with Gasteiger partial charge in [0.2, 0.25) is 0 Å². The lowest BCUT2D eigenvalue weighted by molar-refractivity contribution is 1.30. The molecule has 0 unspecified atom stereocenters. The van der Waals surface area contributed by atoms with Crippen molar-refractivity contribution >= 4 is 32.9 Å². The van der Waals surface area contributed by atoms with Gasteiger partial charge < -0.3 is 0 Å². The van der Waals surface area contributed by atoms with Crippen molar-refractivity contribution < 1.29 is 0 Å². The zero-order chi connectivity index (χ0) is 15.2. The molecule has 0 amide bonds. The van der Waals surface area contributed by atoms with Gasteiger partial charge in [-0.1, -0.05) is 66.7 Å². The molecule has 1 heterocycles. The quantitative estimate of drug-likeness (QED) is 0.429. The molecule has 108 valence electrons. The molecule has 0 aliphatic carbocycles. The zero-order valence-corrected chi connectivity index (χ0v) is 12.7. The Bertz CT molecular complexity index is 1080. The van der Waals surface area contributed by atoms with E-state index in [4.69, 9.17) is 4.99 Å². The molecular formula is C22H15N. The van der Waals surface area contributed by atoms with Crippen LogP contribution in [0.4, 0.5) is 5.69 Å². The summed E-state index contributed by atoms with van der Waals surface area (Å²) < 4.78 is 0. The normalized spacial score (nSPS) is 13.3. The van der Waals surface area contributed by atoms with Crippen molar-refractivity contribution in [2.45, 2.75) is 6.42 Å². The summed E-state index contributed by atoms with van der Waals surface area (Å²) >= 11 is 0. The third-order valence-electron chi connectivity index (χ3n) is 4.66. The van der Waals surface area contributed by atoms with Gasteiger partial charge in [0.1, 0.15) is 0 Å². The maximum atomic E-state index is 4.96. The lowest BCUT2D eigenvalue weighted by Gasteiger charge is -2.17. The van der Waals surface area contributed by atoms with E-state index in [1.807, 2.05) is 0 Å². The molecule has 1 aliphatic rings. The molecule has 0 fully saturated rings. The predicted molar refractivity (Wildman–Crippen MR) is 97.8 cm³/mol. The van der Waals surface area contributed by atoms with Crippen molar-refractivity contribution in [3.63, 3.8) is 0 Å². The van der Waals surface area contributed by atoms with Crippen molar-refractivity contribution in [2.24, 2.45) is 4.99 Å². The standard InChI is InChI=1S/C22H15N/c1-2-6-17-13-18(12-11-15(17)5-1)21-14-19-9-3-7-16-8-4-10-20(23-21)22(16)19/h1-13H,14H2. The van der Waals surface area contributed by atoms with Crippen LogP contribution in [-0.2, 0) is 6.42 Å². The topological polar surface area (TPSA) is 12.4 Å². The fourth-order valence-corrected chi connectivity index (χ4v) is 3.54. The molecule has 0 radical (unpaired) electrons. The second-order valence-electron chi connectivity index (χ2n) is 6.09. The summed E-state index contributed by atoms with van der Waals surface area (Å²) in [5, 5.41) is 5.13. The number of fused-ring (bicyclic) bond motifs is 1. The first-order valence-corrected chi connectivity index (χ1v) is 7.96. The van der Waals surface area contributed by atoms with Crippen LogP contribution in [0.3, 0.4) is 0 Å². The lowest BCUT2D eigenvalue weighted by Crippen LogP contribution is -2.09. The largest absolute Gasteiger partial charge is 0.252 e. The van der Waals surface area contributed by atoms with Crippen LogP contribution in [0, 0.1) is 0 Å². The molecule has 0 saturated heterocycles. The molecule has 0 atom stereocenters. The van der Waals surface area contributed by atoms with Crippen LogP contribution in [0.5, 0.6) is 0 Å². The van der Waals surface area contributed by atoms with Crippen molar-refractivity contribution in [1.82, 2.24) is 0 Å². The van der Waals surface area contributed by atoms with E-state index in [9.17, 15) is 0 Å². The van der Waals surface area contributed by atoms with Gasteiger partial charge in [-0.3, -0.25) is 4.99 Å². The Morgan fingerprint density at radius 1 is 0.652 bits per heavy atom. The smallest absolute Gasteiger partial charge is 0.0714 e. The average Bonchev–Trinajstić information content (AvgIpc) is 2.62. The third-order valence-corrected chi connectivity index (χ3v) is 4.66. The van der Waals surface area contributed by atoms with Gasteiger partial charge in [-0.2, -0.15) is 0 Å². The van der Waals surface area contributed by atoms with Gasteiger partial charge in [-0.15, -0.1) is 0 Å². The van der Waals surface area contributed by atoms with Gasteiger partial charge in [0.15, 0.2) is 0 Å². The second kappa shape index (κ2) is 4.79. The maximum absolute atomic E-state index is 4.96. The molecule has 4 aromatic carbocycles. The highest BCUT2D eigenvalue weighted by Crippen LogP contribution is 2.34. The summed E-state index contributed by atoms with van der Waals surface area (Å²) in [5.74, 6) is 0. The summed E-state index contributed by atoms with van der Waals surface area (Å²) in [5.41, 5.74) is 4.83. The summed E-state index contributed by atoms with van der Waals surface area (Å²) in [7, 11) is 0. The highest BCUT2D eigenvalue weighted by molar-refractivity contribution is 6.12. The highest BCUT2D eigenvalue weighted by atomic mass is 14.8. The summed E-state index contributed by atoms with van der Waals surface area (Å²) in [4.78, 5) is 4.96. The average molecular weight is 293 g/mol. The number of hydrogen-bond donors (Lipinski definition) is 0. The van der Waals surface area contributed by atoms with E-state index >= 15 is 0 Å². The first kappa shape index (κ1) is 12.6. The summed E-state index contributed by atoms with van der Waals surface area (Å²) in [6.07, 6.45) is 0.896. The van der Waals surface area contributed by atoms with Gasteiger partial charge in [-0.25, -0.2) is 0 Å². The summed E-state index contributed by atoms with van der Waals surface area (Å²) in [6.45, 7) is 0. The highest BCUT2D eigenvalue weighted by Gasteiger charge is 2.16. The van der Waals surface area contributed by atoms with E-state index in [0.29, 0.717) is 0 Å². The Hall–Kier alpha value is -2.93. The van der Waals surface area contributed by atoms with Crippen molar-refractivity contribution in [2.75, 3.05) is 0 Å². The van der Waals surface area contributed by atoms with E-state index < -0.39 is 0 Å². The monoisotopic (exact) mass is 293 g/mol. The van der Waals surface area contributed by atoms with E-state index in [0.717, 1.165) is 17.8 Å². The van der Waals surface area contributed by atoms with E-state index in [-0.39, 0.29) is 0 Å². The number of benzene rings is 4. The van der Waals surface area contributed by atoms with Gasteiger partial charge in [0, 0.05) is 11.8 Å².